The van der Waals surface area contributed by atoms with E-state index in [9.17, 15) is 4.79 Å². The number of aromatic nitrogens is 4. The number of guanidine groups is 1. The highest BCUT2D eigenvalue weighted by molar-refractivity contribution is 6.30. The SMILES string of the molecule is Cc1cc(=O)n2c(n1)NC(N1CCN(c3ncccn3)CC1)=NC2c1ccc(Cl)cc1. The topological polar surface area (TPSA) is 91.5 Å². The van der Waals surface area contributed by atoms with Gasteiger partial charge >= 0.3 is 0 Å². The largest absolute Gasteiger partial charge is 0.339 e. The van der Waals surface area contributed by atoms with Crippen molar-refractivity contribution in [1.29, 1.82) is 0 Å². The zero-order chi connectivity index (χ0) is 21.4. The maximum absolute atomic E-state index is 12.8. The van der Waals surface area contributed by atoms with Crippen LogP contribution in [-0.2, 0) is 0 Å². The van der Waals surface area contributed by atoms with Gasteiger partial charge in [-0.05, 0) is 30.7 Å². The molecule has 0 spiro atoms. The van der Waals surface area contributed by atoms with Crippen LogP contribution in [0.15, 0.2) is 58.6 Å². The van der Waals surface area contributed by atoms with Gasteiger partial charge < -0.3 is 9.80 Å². The number of piperazine rings is 1. The molecule has 0 saturated carbocycles. The molecule has 2 aromatic heterocycles. The Bertz CT molecular complexity index is 1170. The van der Waals surface area contributed by atoms with Crippen molar-refractivity contribution in [3.8, 4) is 0 Å². The molecular weight excluding hydrogens is 416 g/mol. The molecule has 1 unspecified atom stereocenters. The van der Waals surface area contributed by atoms with Gasteiger partial charge in [-0.2, -0.15) is 0 Å². The molecule has 1 aromatic carbocycles. The van der Waals surface area contributed by atoms with Gasteiger partial charge in [-0.1, -0.05) is 23.7 Å². The second kappa shape index (κ2) is 7.99. The van der Waals surface area contributed by atoms with Gasteiger partial charge in [0.1, 0.15) is 0 Å². The third-order valence-electron chi connectivity index (χ3n) is 5.38. The number of aryl methyl sites for hydroxylation is 1. The molecule has 5 rings (SSSR count). The maximum Gasteiger partial charge on any atom is 0.257 e. The fourth-order valence-electron chi connectivity index (χ4n) is 3.83. The zero-order valence-corrected chi connectivity index (χ0v) is 17.7. The van der Waals surface area contributed by atoms with E-state index in [0.717, 1.165) is 37.7 Å². The summed E-state index contributed by atoms with van der Waals surface area (Å²) in [6.45, 7) is 4.83. The van der Waals surface area contributed by atoms with Gasteiger partial charge in [-0.25, -0.2) is 19.9 Å². The number of benzene rings is 1. The summed E-state index contributed by atoms with van der Waals surface area (Å²) in [5.41, 5.74) is 1.38. The summed E-state index contributed by atoms with van der Waals surface area (Å²) in [5.74, 6) is 1.92. The van der Waals surface area contributed by atoms with Gasteiger partial charge in [0.15, 0.2) is 6.17 Å². The Morgan fingerprint density at radius 3 is 2.42 bits per heavy atom. The van der Waals surface area contributed by atoms with E-state index in [0.29, 0.717) is 22.6 Å². The fourth-order valence-corrected chi connectivity index (χ4v) is 3.95. The molecule has 3 aromatic rings. The van der Waals surface area contributed by atoms with Crippen molar-refractivity contribution < 1.29 is 0 Å². The molecule has 4 heterocycles. The molecule has 0 bridgehead atoms. The lowest BCUT2D eigenvalue weighted by molar-refractivity contribution is 0.374. The van der Waals surface area contributed by atoms with Crippen molar-refractivity contribution in [1.82, 2.24) is 24.4 Å². The van der Waals surface area contributed by atoms with Crippen LogP contribution < -0.4 is 15.8 Å². The van der Waals surface area contributed by atoms with Crippen LogP contribution in [0.5, 0.6) is 0 Å². The summed E-state index contributed by atoms with van der Waals surface area (Å²) in [6.07, 6.45) is 2.99. The highest BCUT2D eigenvalue weighted by atomic mass is 35.5. The average Bonchev–Trinajstić information content (AvgIpc) is 2.79. The Balaban J connectivity index is 1.45. The first-order chi connectivity index (χ1) is 15.1. The third kappa shape index (κ3) is 3.84. The first-order valence-corrected chi connectivity index (χ1v) is 10.4. The second-order valence-corrected chi connectivity index (χ2v) is 7.89. The smallest absolute Gasteiger partial charge is 0.257 e. The second-order valence-electron chi connectivity index (χ2n) is 7.46. The number of hydrogen-bond donors (Lipinski definition) is 1. The molecule has 1 atom stereocenters. The van der Waals surface area contributed by atoms with Crippen molar-refractivity contribution in [3.63, 3.8) is 0 Å². The zero-order valence-electron chi connectivity index (χ0n) is 16.9. The van der Waals surface area contributed by atoms with Crippen LogP contribution in [0, 0.1) is 6.92 Å². The standard InChI is InChI=1S/C21H21ClN8O/c1-14-13-17(31)30-18(15-3-5-16(22)6-4-15)26-20(27-21(30)25-14)29-11-9-28(10-12-29)19-23-7-2-8-24-19/h2-8,13,18H,9-12H2,1H3,(H,25,26,27). The minimum atomic E-state index is -0.514. The molecule has 1 N–H and O–H groups in total. The van der Waals surface area contributed by atoms with Gasteiger partial charge in [-0.3, -0.25) is 14.7 Å². The predicted octanol–water partition coefficient (Wildman–Crippen LogP) is 2.15. The van der Waals surface area contributed by atoms with Crippen molar-refractivity contribution in [2.75, 3.05) is 36.4 Å². The number of halogens is 1. The molecule has 0 aliphatic carbocycles. The van der Waals surface area contributed by atoms with E-state index in [1.54, 1.807) is 29.1 Å². The van der Waals surface area contributed by atoms with Gasteiger partial charge in [-0.15, -0.1) is 0 Å². The van der Waals surface area contributed by atoms with Gasteiger partial charge in [0.05, 0.1) is 0 Å². The van der Waals surface area contributed by atoms with Gasteiger partial charge in [0.25, 0.3) is 5.56 Å². The van der Waals surface area contributed by atoms with E-state index in [2.05, 4.69) is 30.1 Å². The Hall–Kier alpha value is -3.46. The minimum absolute atomic E-state index is 0.149. The summed E-state index contributed by atoms with van der Waals surface area (Å²) in [6, 6.07) is 10.7. The Labute approximate surface area is 184 Å². The monoisotopic (exact) mass is 436 g/mol. The molecular formula is C21H21ClN8O. The number of rotatable bonds is 2. The summed E-state index contributed by atoms with van der Waals surface area (Å²) in [4.78, 5) is 35.2. The molecule has 158 valence electrons. The lowest BCUT2D eigenvalue weighted by Crippen LogP contribution is -2.52. The Morgan fingerprint density at radius 2 is 1.71 bits per heavy atom. The molecule has 10 heteroatoms. The summed E-state index contributed by atoms with van der Waals surface area (Å²) >= 11 is 6.07. The van der Waals surface area contributed by atoms with Crippen LogP contribution >= 0.6 is 11.6 Å². The van der Waals surface area contributed by atoms with Crippen LogP contribution in [0.3, 0.4) is 0 Å². The van der Waals surface area contributed by atoms with E-state index in [1.165, 1.54) is 6.07 Å². The molecule has 2 aliphatic heterocycles. The molecule has 0 amide bonds. The van der Waals surface area contributed by atoms with E-state index in [1.807, 2.05) is 25.1 Å². The lowest BCUT2D eigenvalue weighted by Gasteiger charge is -2.38. The van der Waals surface area contributed by atoms with Crippen LogP contribution in [0.1, 0.15) is 17.4 Å². The van der Waals surface area contributed by atoms with Crippen LogP contribution in [0.2, 0.25) is 5.02 Å². The van der Waals surface area contributed by atoms with Crippen LogP contribution in [-0.4, -0.2) is 56.6 Å². The first kappa shape index (κ1) is 19.5. The van der Waals surface area contributed by atoms with Crippen molar-refractivity contribution in [2.45, 2.75) is 13.1 Å². The molecule has 0 radical (unpaired) electrons. The summed E-state index contributed by atoms with van der Waals surface area (Å²) in [5, 5.41) is 3.90. The van der Waals surface area contributed by atoms with E-state index >= 15 is 0 Å². The average molecular weight is 437 g/mol. The van der Waals surface area contributed by atoms with E-state index in [-0.39, 0.29) is 5.56 Å². The highest BCUT2D eigenvalue weighted by Gasteiger charge is 2.29. The summed E-state index contributed by atoms with van der Waals surface area (Å²) in [7, 11) is 0. The number of fused-ring (bicyclic) bond motifs is 1. The molecule has 31 heavy (non-hydrogen) atoms. The third-order valence-corrected chi connectivity index (χ3v) is 5.63. The molecule has 2 aliphatic rings. The lowest BCUT2D eigenvalue weighted by atomic mass is 10.1. The number of nitrogens with zero attached hydrogens (tertiary/aromatic N) is 7. The number of anilines is 2. The van der Waals surface area contributed by atoms with E-state index < -0.39 is 6.17 Å². The number of aliphatic imine (C=N–C) groups is 1. The van der Waals surface area contributed by atoms with Gasteiger partial charge in [0, 0.05) is 55.4 Å². The van der Waals surface area contributed by atoms with Crippen LogP contribution in [0.4, 0.5) is 11.9 Å². The number of nitrogens with one attached hydrogen (secondary N) is 1. The van der Waals surface area contributed by atoms with Gasteiger partial charge in [0.2, 0.25) is 17.9 Å². The van der Waals surface area contributed by atoms with Crippen molar-refractivity contribution >= 4 is 29.5 Å². The molecule has 9 nitrogen and oxygen atoms in total. The van der Waals surface area contributed by atoms with Crippen molar-refractivity contribution in [3.05, 3.63) is 75.4 Å². The minimum Gasteiger partial charge on any atom is -0.339 e. The highest BCUT2D eigenvalue weighted by Crippen LogP contribution is 2.27. The first-order valence-electron chi connectivity index (χ1n) is 10.1. The summed E-state index contributed by atoms with van der Waals surface area (Å²) < 4.78 is 1.58. The fraction of sp³-hybridized carbons (Fsp3) is 0.286. The van der Waals surface area contributed by atoms with Crippen LogP contribution in [0.25, 0.3) is 0 Å². The number of hydrogen-bond acceptors (Lipinski definition) is 8. The maximum atomic E-state index is 12.8. The molecule has 1 saturated heterocycles. The molecule has 1 fully saturated rings. The van der Waals surface area contributed by atoms with Crippen molar-refractivity contribution in [2.24, 2.45) is 4.99 Å². The Morgan fingerprint density at radius 1 is 1.03 bits per heavy atom. The normalized spacial score (nSPS) is 18.3. The Kier molecular flexibility index (Phi) is 5.03. The quantitative estimate of drug-likeness (QED) is 0.658. The predicted molar refractivity (Wildman–Crippen MR) is 120 cm³/mol. The van der Waals surface area contributed by atoms with E-state index in [4.69, 9.17) is 16.6 Å².